The first kappa shape index (κ1) is 11.5. The van der Waals surface area contributed by atoms with E-state index in [1.165, 1.54) is 11.3 Å². The van der Waals surface area contributed by atoms with Crippen LogP contribution < -0.4 is 11.1 Å². The van der Waals surface area contributed by atoms with Crippen LogP contribution >= 0.6 is 11.3 Å². The van der Waals surface area contributed by atoms with Crippen molar-refractivity contribution in [2.24, 2.45) is 0 Å². The fourth-order valence-corrected chi connectivity index (χ4v) is 1.87. The molecule has 2 rings (SSSR count). The van der Waals surface area contributed by atoms with Crippen LogP contribution in [0.15, 0.2) is 29.6 Å². The Morgan fingerprint density at radius 2 is 2.06 bits per heavy atom. The largest absolute Gasteiger partial charge is 0.396 e. The van der Waals surface area contributed by atoms with E-state index in [0.29, 0.717) is 10.9 Å². The normalized spacial score (nSPS) is 10.2. The van der Waals surface area contributed by atoms with Crippen LogP contribution in [-0.4, -0.2) is 5.91 Å². The number of hydrogen-bond acceptors (Lipinski definition) is 3. The van der Waals surface area contributed by atoms with Crippen molar-refractivity contribution in [1.29, 1.82) is 0 Å². The first-order chi connectivity index (χ1) is 8.08. The quantitative estimate of drug-likeness (QED) is 0.810. The molecule has 0 aliphatic carbocycles. The summed E-state index contributed by atoms with van der Waals surface area (Å²) in [5.74, 6) is -2.16. The first-order valence-electron chi connectivity index (χ1n) is 4.67. The third kappa shape index (κ3) is 2.42. The van der Waals surface area contributed by atoms with E-state index in [9.17, 15) is 13.6 Å². The topological polar surface area (TPSA) is 55.1 Å². The van der Waals surface area contributed by atoms with Gasteiger partial charge in [0.05, 0.1) is 16.3 Å². The smallest absolute Gasteiger partial charge is 0.265 e. The minimum Gasteiger partial charge on any atom is -0.396 e. The van der Waals surface area contributed by atoms with Gasteiger partial charge in [-0.05, 0) is 17.5 Å². The Kier molecular flexibility index (Phi) is 3.06. The van der Waals surface area contributed by atoms with Gasteiger partial charge in [-0.2, -0.15) is 0 Å². The van der Waals surface area contributed by atoms with Crippen molar-refractivity contribution in [3.8, 4) is 0 Å². The van der Waals surface area contributed by atoms with Crippen LogP contribution in [-0.2, 0) is 0 Å². The van der Waals surface area contributed by atoms with Crippen molar-refractivity contribution in [2.45, 2.75) is 0 Å². The number of rotatable bonds is 2. The molecule has 88 valence electrons. The molecule has 0 atom stereocenters. The van der Waals surface area contributed by atoms with Gasteiger partial charge in [-0.25, -0.2) is 8.78 Å². The molecular formula is C11H8F2N2OS. The average molecular weight is 254 g/mol. The van der Waals surface area contributed by atoms with E-state index >= 15 is 0 Å². The second-order valence-corrected chi connectivity index (χ2v) is 4.23. The number of anilines is 2. The van der Waals surface area contributed by atoms with E-state index in [4.69, 9.17) is 5.73 Å². The van der Waals surface area contributed by atoms with Gasteiger partial charge in [0.2, 0.25) is 0 Å². The average Bonchev–Trinajstić information content (AvgIpc) is 2.79. The van der Waals surface area contributed by atoms with Gasteiger partial charge in [0.1, 0.15) is 11.6 Å². The fraction of sp³-hybridized carbons (Fsp3) is 0. The maximum atomic E-state index is 13.3. The molecular weight excluding hydrogens is 246 g/mol. The lowest BCUT2D eigenvalue weighted by Crippen LogP contribution is -2.12. The van der Waals surface area contributed by atoms with Crippen molar-refractivity contribution in [3.05, 3.63) is 46.2 Å². The summed E-state index contributed by atoms with van der Waals surface area (Å²) in [7, 11) is 0. The van der Waals surface area contributed by atoms with Gasteiger partial charge < -0.3 is 11.1 Å². The first-order valence-corrected chi connectivity index (χ1v) is 5.55. The number of benzene rings is 1. The lowest BCUT2D eigenvalue weighted by atomic mass is 10.2. The molecule has 0 aliphatic heterocycles. The van der Waals surface area contributed by atoms with Gasteiger partial charge in [0.25, 0.3) is 5.91 Å². The van der Waals surface area contributed by atoms with Gasteiger partial charge in [0.15, 0.2) is 0 Å². The summed E-state index contributed by atoms with van der Waals surface area (Å²) in [6.45, 7) is 0. The Hall–Kier alpha value is -1.95. The molecule has 1 aromatic carbocycles. The lowest BCUT2D eigenvalue weighted by Gasteiger charge is -2.06. The third-order valence-corrected chi connectivity index (χ3v) is 2.95. The minimum atomic E-state index is -0.860. The Labute approximate surface area is 99.9 Å². The Balaban J connectivity index is 2.25. The van der Waals surface area contributed by atoms with Crippen LogP contribution in [0.1, 0.15) is 9.67 Å². The highest BCUT2D eigenvalue weighted by molar-refractivity contribution is 7.12. The number of nitrogens with one attached hydrogen (secondary N) is 1. The zero-order chi connectivity index (χ0) is 12.4. The fourth-order valence-electron chi connectivity index (χ4n) is 1.25. The minimum absolute atomic E-state index is 0.137. The summed E-state index contributed by atoms with van der Waals surface area (Å²) in [6, 6.07) is 5.00. The second-order valence-electron chi connectivity index (χ2n) is 3.28. The van der Waals surface area contributed by atoms with E-state index in [0.717, 1.165) is 6.07 Å². The summed E-state index contributed by atoms with van der Waals surface area (Å²) in [4.78, 5) is 12.1. The molecule has 6 heteroatoms. The predicted octanol–water partition coefficient (Wildman–Crippen LogP) is 2.86. The molecule has 1 aromatic heterocycles. The number of halogens is 2. The predicted molar refractivity (Wildman–Crippen MR) is 63.0 cm³/mol. The molecule has 2 aromatic rings. The lowest BCUT2D eigenvalue weighted by molar-refractivity contribution is 0.103. The molecule has 0 radical (unpaired) electrons. The van der Waals surface area contributed by atoms with E-state index in [2.05, 4.69) is 5.32 Å². The molecule has 0 bridgehead atoms. The molecule has 3 nitrogen and oxygen atoms in total. The van der Waals surface area contributed by atoms with Crippen molar-refractivity contribution >= 4 is 28.6 Å². The van der Waals surface area contributed by atoms with Gasteiger partial charge >= 0.3 is 0 Å². The van der Waals surface area contributed by atoms with Crippen LogP contribution in [0.4, 0.5) is 20.2 Å². The van der Waals surface area contributed by atoms with Crippen LogP contribution in [0.3, 0.4) is 0 Å². The second kappa shape index (κ2) is 4.50. The Bertz CT molecular complexity index is 555. The molecule has 0 spiro atoms. The van der Waals surface area contributed by atoms with Gasteiger partial charge in [-0.3, -0.25) is 4.79 Å². The SMILES string of the molecule is Nc1cc(NC(=O)c2cccs2)c(F)cc1F. The van der Waals surface area contributed by atoms with Crippen molar-refractivity contribution in [2.75, 3.05) is 11.1 Å². The maximum absolute atomic E-state index is 13.3. The summed E-state index contributed by atoms with van der Waals surface area (Å²) in [5.41, 5.74) is 4.94. The number of carbonyl (C=O) groups is 1. The summed E-state index contributed by atoms with van der Waals surface area (Å²) < 4.78 is 26.2. The van der Waals surface area contributed by atoms with Gasteiger partial charge in [-0.15, -0.1) is 11.3 Å². The molecule has 0 saturated carbocycles. The summed E-state index contributed by atoms with van der Waals surface area (Å²) in [5, 5.41) is 4.06. The van der Waals surface area contributed by atoms with E-state index in [1.807, 2.05) is 0 Å². The zero-order valence-electron chi connectivity index (χ0n) is 8.54. The molecule has 0 unspecified atom stereocenters. The van der Waals surface area contributed by atoms with Crippen molar-refractivity contribution in [1.82, 2.24) is 0 Å². The maximum Gasteiger partial charge on any atom is 0.265 e. The molecule has 0 fully saturated rings. The number of nitrogens with two attached hydrogens (primary N) is 1. The van der Waals surface area contributed by atoms with Crippen LogP contribution in [0.2, 0.25) is 0 Å². The molecule has 0 aliphatic rings. The summed E-state index contributed by atoms with van der Waals surface area (Å²) in [6.07, 6.45) is 0. The van der Waals surface area contributed by atoms with Crippen LogP contribution in [0.25, 0.3) is 0 Å². The number of amides is 1. The summed E-state index contributed by atoms with van der Waals surface area (Å²) >= 11 is 1.22. The third-order valence-electron chi connectivity index (χ3n) is 2.08. The standard InChI is InChI=1S/C11H8F2N2OS/c12-6-4-7(13)9(5-8(6)14)15-11(16)10-2-1-3-17-10/h1-5H,14H2,(H,15,16). The molecule has 17 heavy (non-hydrogen) atoms. The van der Waals surface area contributed by atoms with E-state index in [-0.39, 0.29) is 11.4 Å². The molecule has 0 saturated heterocycles. The highest BCUT2D eigenvalue weighted by atomic mass is 32.1. The number of carbonyl (C=O) groups excluding carboxylic acids is 1. The number of nitrogen functional groups attached to an aromatic ring is 1. The van der Waals surface area contributed by atoms with Gasteiger partial charge in [-0.1, -0.05) is 6.07 Å². The number of thiophene rings is 1. The highest BCUT2D eigenvalue weighted by Gasteiger charge is 2.12. The Morgan fingerprint density at radius 1 is 1.29 bits per heavy atom. The zero-order valence-corrected chi connectivity index (χ0v) is 9.35. The number of hydrogen-bond donors (Lipinski definition) is 2. The monoisotopic (exact) mass is 254 g/mol. The van der Waals surface area contributed by atoms with E-state index in [1.54, 1.807) is 17.5 Å². The molecule has 1 amide bonds. The molecule has 1 heterocycles. The van der Waals surface area contributed by atoms with Gasteiger partial charge in [0, 0.05) is 6.07 Å². The van der Waals surface area contributed by atoms with Crippen LogP contribution in [0, 0.1) is 11.6 Å². The Morgan fingerprint density at radius 3 is 2.71 bits per heavy atom. The highest BCUT2D eigenvalue weighted by Crippen LogP contribution is 2.22. The van der Waals surface area contributed by atoms with Crippen LogP contribution in [0.5, 0.6) is 0 Å². The van der Waals surface area contributed by atoms with Crippen molar-refractivity contribution < 1.29 is 13.6 Å². The van der Waals surface area contributed by atoms with E-state index < -0.39 is 17.5 Å². The van der Waals surface area contributed by atoms with Crippen molar-refractivity contribution in [3.63, 3.8) is 0 Å². The molecule has 3 N–H and O–H groups in total.